The van der Waals surface area contributed by atoms with Gasteiger partial charge in [0, 0.05) is 13.0 Å². The number of ether oxygens (including phenoxy) is 1. The van der Waals surface area contributed by atoms with Gasteiger partial charge in [0.05, 0.1) is 18.3 Å². The minimum Gasteiger partial charge on any atom is -0.393 e. The molecular formula is C23H43NO2. The largest absolute Gasteiger partial charge is 0.393 e. The molecule has 3 heteroatoms. The van der Waals surface area contributed by atoms with E-state index in [0.717, 1.165) is 32.1 Å². The van der Waals surface area contributed by atoms with Crippen LogP contribution in [0, 0.1) is 46.8 Å². The van der Waals surface area contributed by atoms with Crippen molar-refractivity contribution in [3.05, 3.63) is 12.7 Å². The average molecular weight is 366 g/mol. The second-order valence-corrected chi connectivity index (χ2v) is 8.43. The number of aliphatic hydroxyl groups excluding tert-OH is 1. The van der Waals surface area contributed by atoms with Gasteiger partial charge in [-0.3, -0.25) is 0 Å². The van der Waals surface area contributed by atoms with E-state index in [9.17, 15) is 10.4 Å². The Morgan fingerprint density at radius 1 is 1.08 bits per heavy atom. The summed E-state index contributed by atoms with van der Waals surface area (Å²) in [7, 11) is 1.77. The third-order valence-corrected chi connectivity index (χ3v) is 6.53. The number of rotatable bonds is 14. The van der Waals surface area contributed by atoms with E-state index in [2.05, 4.69) is 54.2 Å². The smallest absolute Gasteiger partial charge is 0.0655 e. The van der Waals surface area contributed by atoms with Gasteiger partial charge >= 0.3 is 0 Å². The highest BCUT2D eigenvalue weighted by Gasteiger charge is 2.32. The highest BCUT2D eigenvalue weighted by atomic mass is 16.5. The Labute approximate surface area is 162 Å². The van der Waals surface area contributed by atoms with Crippen molar-refractivity contribution in [3.8, 4) is 6.07 Å². The Morgan fingerprint density at radius 2 is 1.69 bits per heavy atom. The number of hydrogen-bond donors (Lipinski definition) is 1. The van der Waals surface area contributed by atoms with Crippen molar-refractivity contribution in [1.29, 1.82) is 5.26 Å². The highest BCUT2D eigenvalue weighted by Crippen LogP contribution is 2.32. The van der Waals surface area contributed by atoms with Gasteiger partial charge < -0.3 is 9.84 Å². The molecule has 0 saturated heterocycles. The predicted molar refractivity (Wildman–Crippen MR) is 111 cm³/mol. The average Bonchev–Trinajstić information content (AvgIpc) is 2.65. The van der Waals surface area contributed by atoms with Crippen LogP contribution in [0.5, 0.6) is 0 Å². The number of aliphatic hydroxyl groups is 1. The molecule has 0 spiro atoms. The number of methoxy groups -OCH3 is 1. The summed E-state index contributed by atoms with van der Waals surface area (Å²) in [6.07, 6.45) is 6.61. The van der Waals surface area contributed by atoms with E-state index >= 15 is 0 Å². The van der Waals surface area contributed by atoms with Crippen molar-refractivity contribution < 1.29 is 9.84 Å². The molecule has 0 aliphatic rings. The van der Waals surface area contributed by atoms with Crippen LogP contribution in [0.2, 0.25) is 0 Å². The van der Waals surface area contributed by atoms with E-state index in [4.69, 9.17) is 4.74 Å². The van der Waals surface area contributed by atoms with E-state index in [0.29, 0.717) is 17.8 Å². The molecule has 0 amide bonds. The maximum absolute atomic E-state index is 10.9. The van der Waals surface area contributed by atoms with E-state index < -0.39 is 0 Å². The molecule has 0 aromatic rings. The number of hydrogen-bond acceptors (Lipinski definition) is 3. The van der Waals surface area contributed by atoms with Crippen LogP contribution >= 0.6 is 0 Å². The Bertz CT molecular complexity index is 413. The van der Waals surface area contributed by atoms with Crippen molar-refractivity contribution in [1.82, 2.24) is 0 Å². The van der Waals surface area contributed by atoms with Gasteiger partial charge in [-0.25, -0.2) is 0 Å². The Balaban J connectivity index is 4.63. The summed E-state index contributed by atoms with van der Waals surface area (Å²) in [5.74, 6) is 1.61. The lowest BCUT2D eigenvalue weighted by molar-refractivity contribution is -0.0180. The summed E-state index contributed by atoms with van der Waals surface area (Å²) >= 11 is 0. The lowest BCUT2D eigenvalue weighted by atomic mass is 9.74. The first-order valence-electron chi connectivity index (χ1n) is 10.5. The van der Waals surface area contributed by atoms with E-state index in [1.54, 1.807) is 7.11 Å². The van der Waals surface area contributed by atoms with Gasteiger partial charge in [0.1, 0.15) is 0 Å². The van der Waals surface area contributed by atoms with Crippen LogP contribution < -0.4 is 0 Å². The monoisotopic (exact) mass is 365 g/mol. The molecule has 1 N–H and O–H groups in total. The lowest BCUT2D eigenvalue weighted by Crippen LogP contribution is -2.37. The maximum atomic E-state index is 10.9. The molecule has 5 unspecified atom stereocenters. The molecule has 0 rings (SSSR count). The SMILES string of the molecule is C=CC(C)CCCC(C#N)C[C@@H](C)C(O)C(C)C(C)[C@@H](C)[C@@H](CC)OC. The van der Waals surface area contributed by atoms with Crippen LogP contribution in [0.4, 0.5) is 0 Å². The molecule has 0 aliphatic carbocycles. The van der Waals surface area contributed by atoms with Gasteiger partial charge in [-0.1, -0.05) is 54.0 Å². The van der Waals surface area contributed by atoms with Crippen molar-refractivity contribution in [2.75, 3.05) is 7.11 Å². The standard InChI is InChI=1S/C23H43NO2/c1-9-16(3)12-11-13-21(15-24)14-17(4)23(25)20(7)18(5)19(6)22(10-2)26-8/h9,16-23,25H,1,10-14H2,2-8H3/t16?,17-,18?,19-,20?,21?,22-,23?/m1/s1. The molecule has 3 nitrogen and oxygen atoms in total. The summed E-state index contributed by atoms with van der Waals surface area (Å²) in [5.41, 5.74) is 0. The fraction of sp³-hybridized carbons (Fsp3) is 0.870. The van der Waals surface area contributed by atoms with Crippen LogP contribution in [0.1, 0.15) is 73.6 Å². The van der Waals surface area contributed by atoms with Crippen LogP contribution in [-0.2, 0) is 4.74 Å². The second-order valence-electron chi connectivity index (χ2n) is 8.43. The van der Waals surface area contributed by atoms with Crippen molar-refractivity contribution in [3.63, 3.8) is 0 Å². The van der Waals surface area contributed by atoms with Crippen molar-refractivity contribution in [2.24, 2.45) is 35.5 Å². The minimum atomic E-state index is -0.384. The van der Waals surface area contributed by atoms with Crippen LogP contribution in [0.3, 0.4) is 0 Å². The van der Waals surface area contributed by atoms with Crippen LogP contribution in [-0.4, -0.2) is 24.4 Å². The van der Waals surface area contributed by atoms with Gasteiger partial charge in [0.15, 0.2) is 0 Å². The van der Waals surface area contributed by atoms with Crippen LogP contribution in [0.25, 0.3) is 0 Å². The zero-order chi connectivity index (χ0) is 20.3. The first-order chi connectivity index (χ1) is 12.2. The van der Waals surface area contributed by atoms with Crippen LogP contribution in [0.15, 0.2) is 12.7 Å². The topological polar surface area (TPSA) is 53.2 Å². The van der Waals surface area contributed by atoms with Crippen molar-refractivity contribution >= 4 is 0 Å². The van der Waals surface area contributed by atoms with Gasteiger partial charge in [-0.05, 0) is 55.3 Å². The molecule has 0 heterocycles. The Kier molecular flexibility index (Phi) is 12.9. The number of nitrogens with zero attached hydrogens (tertiary/aromatic N) is 1. The molecule has 0 fully saturated rings. The molecule has 0 aromatic carbocycles. The molecule has 152 valence electrons. The highest BCUT2D eigenvalue weighted by molar-refractivity contribution is 4.88. The summed E-state index contributed by atoms with van der Waals surface area (Å²) in [5, 5.41) is 20.3. The molecule has 0 radical (unpaired) electrons. The molecule has 26 heavy (non-hydrogen) atoms. The van der Waals surface area contributed by atoms with Gasteiger partial charge in [0.25, 0.3) is 0 Å². The third kappa shape index (κ3) is 8.23. The summed E-state index contributed by atoms with van der Waals surface area (Å²) < 4.78 is 5.60. The Hall–Kier alpha value is -0.850. The van der Waals surface area contributed by atoms with E-state index in [1.807, 2.05) is 6.08 Å². The molecule has 8 atom stereocenters. The predicted octanol–water partition coefficient (Wildman–Crippen LogP) is 5.84. The molecule has 0 aliphatic heterocycles. The summed E-state index contributed by atoms with van der Waals surface area (Å²) in [4.78, 5) is 0. The third-order valence-electron chi connectivity index (χ3n) is 6.53. The minimum absolute atomic E-state index is 0.0268. The number of allylic oxidation sites excluding steroid dienone is 1. The summed E-state index contributed by atoms with van der Waals surface area (Å²) in [6.45, 7) is 16.8. The first-order valence-corrected chi connectivity index (χ1v) is 10.5. The molecule has 0 aromatic heterocycles. The normalized spacial score (nSPS) is 20.9. The van der Waals surface area contributed by atoms with Gasteiger partial charge in [0.2, 0.25) is 0 Å². The maximum Gasteiger partial charge on any atom is 0.0655 e. The second kappa shape index (κ2) is 13.3. The van der Waals surface area contributed by atoms with Crippen molar-refractivity contribution in [2.45, 2.75) is 85.9 Å². The fourth-order valence-electron chi connectivity index (χ4n) is 4.03. The quantitative estimate of drug-likeness (QED) is 0.393. The lowest BCUT2D eigenvalue weighted by Gasteiger charge is -2.36. The zero-order valence-electron chi connectivity index (χ0n) is 18.2. The molecule has 0 saturated carbocycles. The molecular weight excluding hydrogens is 322 g/mol. The first kappa shape index (κ1) is 25.1. The van der Waals surface area contributed by atoms with E-state index in [1.165, 1.54) is 0 Å². The zero-order valence-corrected chi connectivity index (χ0v) is 18.2. The molecule has 0 bridgehead atoms. The van der Waals surface area contributed by atoms with Gasteiger partial charge in [-0.15, -0.1) is 6.58 Å². The van der Waals surface area contributed by atoms with Gasteiger partial charge in [-0.2, -0.15) is 5.26 Å². The fourth-order valence-corrected chi connectivity index (χ4v) is 4.03. The summed E-state index contributed by atoms with van der Waals surface area (Å²) in [6, 6.07) is 2.45. The van der Waals surface area contributed by atoms with E-state index in [-0.39, 0.29) is 30.0 Å². The Morgan fingerprint density at radius 3 is 2.15 bits per heavy atom. The number of nitriles is 1.